The number of amides is 1. The number of hydrazone groups is 1. The van der Waals surface area contributed by atoms with E-state index in [9.17, 15) is 9.59 Å². The Morgan fingerprint density at radius 3 is 2.12 bits per heavy atom. The zero-order chi connectivity index (χ0) is 18.3. The van der Waals surface area contributed by atoms with E-state index in [-0.39, 0.29) is 21.7 Å². The van der Waals surface area contributed by atoms with Crippen molar-refractivity contribution in [1.82, 2.24) is 0 Å². The van der Waals surface area contributed by atoms with Crippen LogP contribution < -0.4 is 27.9 Å². The molecule has 8 N–H and O–H groups in total. The van der Waals surface area contributed by atoms with Crippen molar-refractivity contribution in [1.29, 1.82) is 0 Å². The summed E-state index contributed by atoms with van der Waals surface area (Å²) in [4.78, 5) is 27.1. The fourth-order valence-corrected chi connectivity index (χ4v) is 1.95. The number of anilines is 1. The monoisotopic (exact) mass is 375 g/mol. The minimum Gasteiger partial charge on any atom is -0.454 e. The molecule has 1 aromatic rings. The van der Waals surface area contributed by atoms with Crippen molar-refractivity contribution in [3.05, 3.63) is 28.2 Å². The van der Waals surface area contributed by atoms with E-state index in [1.165, 1.54) is 18.2 Å². The van der Waals surface area contributed by atoms with Crippen molar-refractivity contribution in [2.24, 2.45) is 33.0 Å². The van der Waals surface area contributed by atoms with Crippen LogP contribution in [0.1, 0.15) is 0 Å². The van der Waals surface area contributed by atoms with Gasteiger partial charge in [0.2, 0.25) is 5.96 Å². The van der Waals surface area contributed by atoms with Crippen molar-refractivity contribution < 1.29 is 14.3 Å². The number of hydrogen-bond donors (Lipinski definition) is 4. The molecule has 10 nitrogen and oxygen atoms in total. The Kier molecular flexibility index (Phi) is 7.08. The second kappa shape index (κ2) is 8.79. The Bertz CT molecular complexity index is 665. The van der Waals surface area contributed by atoms with Crippen molar-refractivity contribution in [2.75, 3.05) is 18.2 Å². The average Bonchev–Trinajstić information content (AvgIpc) is 2.46. The molecule has 0 spiro atoms. The van der Waals surface area contributed by atoms with Gasteiger partial charge >= 0.3 is 5.97 Å². The lowest BCUT2D eigenvalue weighted by atomic mass is 10.3. The second-order valence-corrected chi connectivity index (χ2v) is 5.13. The summed E-state index contributed by atoms with van der Waals surface area (Å²) in [6.45, 7) is -1.08. The highest BCUT2D eigenvalue weighted by Gasteiger charge is 2.19. The third-order valence-electron chi connectivity index (χ3n) is 2.29. The van der Waals surface area contributed by atoms with Crippen LogP contribution in [0.15, 0.2) is 28.3 Å². The molecule has 0 bridgehead atoms. The molecule has 1 rings (SSSR count). The fourth-order valence-electron chi connectivity index (χ4n) is 1.44. The lowest BCUT2D eigenvalue weighted by Crippen LogP contribution is -2.35. The number of nitrogens with zero attached hydrogens (tertiary/aromatic N) is 3. The molecule has 1 aromatic carbocycles. The summed E-state index contributed by atoms with van der Waals surface area (Å²) in [5.41, 5.74) is 20.9. The second-order valence-electron chi connectivity index (χ2n) is 4.26. The number of carbonyl (C=O) groups is 2. The molecular weight excluding hydrogens is 361 g/mol. The van der Waals surface area contributed by atoms with E-state index in [1.54, 1.807) is 0 Å². The van der Waals surface area contributed by atoms with E-state index < -0.39 is 31.0 Å². The van der Waals surface area contributed by atoms with E-state index in [0.29, 0.717) is 0 Å². The molecule has 0 aliphatic rings. The van der Waals surface area contributed by atoms with E-state index in [1.807, 2.05) is 0 Å². The third kappa shape index (κ3) is 6.58. The minimum absolute atomic E-state index is 0.186. The van der Waals surface area contributed by atoms with Gasteiger partial charge in [-0.05, 0) is 18.2 Å². The zero-order valence-electron chi connectivity index (χ0n) is 12.3. The highest BCUT2D eigenvalue weighted by atomic mass is 35.5. The average molecular weight is 376 g/mol. The summed E-state index contributed by atoms with van der Waals surface area (Å²) < 4.78 is 4.73. The summed E-state index contributed by atoms with van der Waals surface area (Å²) in [7, 11) is 0. The van der Waals surface area contributed by atoms with Crippen molar-refractivity contribution in [3.8, 4) is 0 Å². The molecule has 0 aromatic heterocycles. The van der Waals surface area contributed by atoms with Gasteiger partial charge in [0, 0.05) is 10.0 Å². The first-order valence-electron chi connectivity index (χ1n) is 6.28. The molecule has 0 aliphatic carbocycles. The van der Waals surface area contributed by atoms with Gasteiger partial charge in [-0.15, -0.1) is 5.10 Å². The number of nitrogens with two attached hydrogens (primary N) is 4. The predicted molar refractivity (Wildman–Crippen MR) is 91.4 cm³/mol. The number of carbonyl (C=O) groups excluding carboxylic acids is 2. The van der Waals surface area contributed by atoms with Crippen LogP contribution in [0.5, 0.6) is 0 Å². The van der Waals surface area contributed by atoms with Gasteiger partial charge in [-0.25, -0.2) is 4.99 Å². The van der Waals surface area contributed by atoms with Crippen LogP contribution in [0.4, 0.5) is 5.69 Å². The number of guanidine groups is 2. The number of halogens is 2. The largest absolute Gasteiger partial charge is 0.454 e. The van der Waals surface area contributed by atoms with E-state index in [4.69, 9.17) is 50.9 Å². The quantitative estimate of drug-likeness (QED) is 0.220. The van der Waals surface area contributed by atoms with Crippen molar-refractivity contribution in [3.63, 3.8) is 0 Å². The first-order valence-corrected chi connectivity index (χ1v) is 7.04. The third-order valence-corrected chi connectivity index (χ3v) is 2.73. The number of rotatable bonds is 6. The van der Waals surface area contributed by atoms with Crippen LogP contribution in [-0.4, -0.2) is 36.9 Å². The Morgan fingerprint density at radius 2 is 1.62 bits per heavy atom. The Morgan fingerprint density at radius 1 is 1.04 bits per heavy atom. The van der Waals surface area contributed by atoms with Crippen molar-refractivity contribution >= 4 is 52.7 Å². The van der Waals surface area contributed by atoms with Gasteiger partial charge in [0.25, 0.3) is 5.91 Å². The highest BCUT2D eigenvalue weighted by molar-refractivity contribution is 6.35. The number of aliphatic imine (C=N–C) groups is 1. The smallest absolute Gasteiger partial charge is 0.328 e. The molecule has 130 valence electrons. The molecule has 0 saturated carbocycles. The Labute approximate surface area is 147 Å². The maximum absolute atomic E-state index is 12.2. The number of hydrogen-bond acceptors (Lipinski definition) is 5. The molecule has 0 heterocycles. The van der Waals surface area contributed by atoms with Gasteiger partial charge in [-0.2, -0.15) is 5.01 Å². The maximum atomic E-state index is 12.2. The van der Waals surface area contributed by atoms with Crippen LogP contribution in [0, 0.1) is 0 Å². The molecule has 24 heavy (non-hydrogen) atoms. The fraction of sp³-hybridized carbons (Fsp3) is 0.167. The van der Waals surface area contributed by atoms with Gasteiger partial charge < -0.3 is 27.7 Å². The molecule has 12 heteroatoms. The molecule has 0 fully saturated rings. The van der Waals surface area contributed by atoms with E-state index >= 15 is 0 Å². The minimum atomic E-state index is -0.814. The SMILES string of the molecule is NC(N)=NCC(=O)OCC(=O)N(N=C(N)N)c1cc(Cl)cc(Cl)c1. The summed E-state index contributed by atoms with van der Waals surface area (Å²) in [5, 5.41) is 4.98. The molecule has 0 saturated heterocycles. The van der Waals surface area contributed by atoms with Crippen molar-refractivity contribution in [2.45, 2.75) is 0 Å². The molecule has 0 atom stereocenters. The summed E-state index contributed by atoms with van der Waals surface area (Å²) >= 11 is 11.8. The topological polar surface area (TPSA) is 175 Å². The normalized spacial score (nSPS) is 9.75. The first-order chi connectivity index (χ1) is 11.2. The lowest BCUT2D eigenvalue weighted by molar-refractivity contribution is -0.146. The zero-order valence-corrected chi connectivity index (χ0v) is 13.8. The van der Waals surface area contributed by atoms with Gasteiger partial charge in [-0.3, -0.25) is 9.59 Å². The van der Waals surface area contributed by atoms with Gasteiger partial charge in [0.05, 0.1) is 5.69 Å². The lowest BCUT2D eigenvalue weighted by Gasteiger charge is -2.18. The molecular formula is C12H15Cl2N7O3. The van der Waals surface area contributed by atoms with E-state index in [0.717, 1.165) is 5.01 Å². The Hall–Kier alpha value is -2.72. The summed E-state index contributed by atoms with van der Waals surface area (Å²) in [6, 6.07) is 4.26. The number of esters is 1. The molecule has 0 aliphatic heterocycles. The molecule has 0 radical (unpaired) electrons. The van der Waals surface area contributed by atoms with Gasteiger partial charge in [0.1, 0.15) is 6.54 Å². The van der Waals surface area contributed by atoms with Crippen LogP contribution >= 0.6 is 23.2 Å². The Balaban J connectivity index is 2.89. The summed E-state index contributed by atoms with van der Waals surface area (Å²) in [6.07, 6.45) is 0. The highest BCUT2D eigenvalue weighted by Crippen LogP contribution is 2.25. The standard InChI is InChI=1S/C12H15Cl2N7O3/c13-6-1-7(14)3-8(2-6)21(20-12(17)18)9(22)5-24-10(23)4-19-11(15)16/h1-3H,4-5H2,(H4,15,16,19)(H4,17,18,20). The van der Waals surface area contributed by atoms with Crippen LogP contribution in [0.2, 0.25) is 10.0 Å². The maximum Gasteiger partial charge on any atom is 0.328 e. The first kappa shape index (κ1) is 19.3. The molecule has 0 unspecified atom stereocenters. The summed E-state index contributed by atoms with van der Waals surface area (Å²) in [5.74, 6) is -2.24. The van der Waals surface area contributed by atoms with Gasteiger partial charge in [-0.1, -0.05) is 23.2 Å². The predicted octanol–water partition coefficient (Wildman–Crippen LogP) is -0.669. The van der Waals surface area contributed by atoms with Gasteiger partial charge in [0.15, 0.2) is 12.6 Å². The van der Waals surface area contributed by atoms with Crippen LogP contribution in [-0.2, 0) is 14.3 Å². The van der Waals surface area contributed by atoms with Crippen LogP contribution in [0.3, 0.4) is 0 Å². The number of ether oxygens (including phenoxy) is 1. The number of benzene rings is 1. The van der Waals surface area contributed by atoms with E-state index in [2.05, 4.69) is 10.1 Å². The molecule has 1 amide bonds. The van der Waals surface area contributed by atoms with Crippen LogP contribution in [0.25, 0.3) is 0 Å².